The number of ether oxygens (including phenoxy) is 1. The summed E-state index contributed by atoms with van der Waals surface area (Å²) < 4.78 is 6.04. The second-order valence-electron chi connectivity index (χ2n) is 7.36. The molecule has 28 heavy (non-hydrogen) atoms. The molecule has 144 valence electrons. The molecule has 2 unspecified atom stereocenters. The van der Waals surface area contributed by atoms with Crippen molar-refractivity contribution in [2.45, 2.75) is 25.7 Å². The Morgan fingerprint density at radius 1 is 1.25 bits per heavy atom. The van der Waals surface area contributed by atoms with E-state index >= 15 is 0 Å². The fourth-order valence-electron chi connectivity index (χ4n) is 4.22. The van der Waals surface area contributed by atoms with Gasteiger partial charge in [-0.2, -0.15) is 5.26 Å². The molecule has 2 aromatic rings. The van der Waals surface area contributed by atoms with Crippen LogP contribution in [0.5, 0.6) is 5.75 Å². The van der Waals surface area contributed by atoms with Gasteiger partial charge in [0.25, 0.3) is 0 Å². The summed E-state index contributed by atoms with van der Waals surface area (Å²) in [6, 6.07) is 6.55. The van der Waals surface area contributed by atoms with Crippen molar-refractivity contribution in [2.75, 3.05) is 17.2 Å². The monoisotopic (exact) mass is 397 g/mol. The van der Waals surface area contributed by atoms with Crippen LogP contribution in [-0.2, 0) is 0 Å². The van der Waals surface area contributed by atoms with Gasteiger partial charge < -0.3 is 10.1 Å². The van der Waals surface area contributed by atoms with Gasteiger partial charge >= 0.3 is 6.03 Å². The fraction of sp³-hybridized carbons (Fsp3) is 0.400. The molecular weight excluding hydrogens is 378 g/mol. The number of nitrogens with zero attached hydrogens (tertiary/aromatic N) is 3. The summed E-state index contributed by atoms with van der Waals surface area (Å²) in [6.07, 6.45) is 7.83. The van der Waals surface area contributed by atoms with Gasteiger partial charge in [0.05, 0.1) is 24.7 Å². The number of rotatable bonds is 5. The first-order valence-electron chi connectivity index (χ1n) is 9.33. The van der Waals surface area contributed by atoms with Gasteiger partial charge in [0.1, 0.15) is 11.8 Å². The molecule has 2 fully saturated rings. The maximum Gasteiger partial charge on any atom is 0.325 e. The molecule has 4 rings (SSSR count). The predicted molar refractivity (Wildman–Crippen MR) is 105 cm³/mol. The number of amides is 2. The highest BCUT2D eigenvalue weighted by Crippen LogP contribution is 2.48. The SMILES string of the molecule is N#Cc1cnc(NC(=O)Nc2cc(Cl)ccc2OCC2C[C@H]3CCC2C3)cn1. The molecule has 2 saturated carbocycles. The summed E-state index contributed by atoms with van der Waals surface area (Å²) >= 11 is 6.09. The van der Waals surface area contributed by atoms with Gasteiger partial charge in [0.2, 0.25) is 0 Å². The Labute approximate surface area is 168 Å². The highest BCUT2D eigenvalue weighted by atomic mass is 35.5. The van der Waals surface area contributed by atoms with E-state index in [4.69, 9.17) is 21.6 Å². The summed E-state index contributed by atoms with van der Waals surface area (Å²) in [7, 11) is 0. The van der Waals surface area contributed by atoms with Crippen LogP contribution in [0.2, 0.25) is 5.02 Å². The first-order chi connectivity index (χ1) is 13.6. The van der Waals surface area contributed by atoms with E-state index in [-0.39, 0.29) is 11.5 Å². The molecule has 7 nitrogen and oxygen atoms in total. The van der Waals surface area contributed by atoms with Crippen LogP contribution in [0.15, 0.2) is 30.6 Å². The van der Waals surface area contributed by atoms with Crippen LogP contribution >= 0.6 is 11.6 Å². The topological polar surface area (TPSA) is 99.9 Å². The number of nitriles is 1. The van der Waals surface area contributed by atoms with Crippen molar-refractivity contribution in [2.24, 2.45) is 17.8 Å². The summed E-state index contributed by atoms with van der Waals surface area (Å²) in [5.41, 5.74) is 0.673. The number of benzene rings is 1. The van der Waals surface area contributed by atoms with Crippen molar-refractivity contribution in [3.8, 4) is 11.8 Å². The number of urea groups is 1. The lowest BCUT2D eigenvalue weighted by Crippen LogP contribution is -2.22. The van der Waals surface area contributed by atoms with E-state index in [1.807, 2.05) is 6.07 Å². The number of hydrogen-bond acceptors (Lipinski definition) is 5. The number of hydrogen-bond donors (Lipinski definition) is 2. The number of anilines is 2. The molecule has 3 atom stereocenters. The van der Waals surface area contributed by atoms with Gasteiger partial charge in [0, 0.05) is 5.02 Å². The second-order valence-corrected chi connectivity index (χ2v) is 7.80. The lowest BCUT2D eigenvalue weighted by atomic mass is 9.89. The second kappa shape index (κ2) is 8.03. The zero-order valence-corrected chi connectivity index (χ0v) is 15.9. The zero-order chi connectivity index (χ0) is 19.5. The Bertz CT molecular complexity index is 912. The molecule has 2 aliphatic carbocycles. The average molecular weight is 398 g/mol. The van der Waals surface area contributed by atoms with E-state index in [1.54, 1.807) is 18.2 Å². The molecule has 2 aliphatic rings. The van der Waals surface area contributed by atoms with Crippen molar-refractivity contribution in [1.82, 2.24) is 9.97 Å². The summed E-state index contributed by atoms with van der Waals surface area (Å²) in [6.45, 7) is 0.653. The Hall–Kier alpha value is -2.85. The third-order valence-electron chi connectivity index (χ3n) is 5.54. The number of carbonyl (C=O) groups excluding carboxylic acids is 1. The molecule has 0 aliphatic heterocycles. The number of aromatic nitrogens is 2. The molecule has 0 radical (unpaired) electrons. The van der Waals surface area contributed by atoms with Crippen LogP contribution in [0.1, 0.15) is 31.4 Å². The minimum absolute atomic E-state index is 0.178. The van der Waals surface area contributed by atoms with E-state index in [0.29, 0.717) is 29.0 Å². The standard InChI is InChI=1S/C20H20ClN5O2/c21-15-3-4-18(28-11-14-6-12-1-2-13(14)5-12)17(7-15)25-20(27)26-19-10-23-16(8-22)9-24-19/h3-4,7,9-10,12-14H,1-2,5-6,11H2,(H2,24,25,26,27)/t12-,13?,14?/m0/s1. The van der Waals surface area contributed by atoms with Crippen LogP contribution in [0.3, 0.4) is 0 Å². The molecule has 2 amide bonds. The van der Waals surface area contributed by atoms with Crippen LogP contribution in [-0.4, -0.2) is 22.6 Å². The molecule has 2 N–H and O–H groups in total. The van der Waals surface area contributed by atoms with Gasteiger partial charge in [-0.3, -0.25) is 5.32 Å². The van der Waals surface area contributed by atoms with E-state index in [1.165, 1.54) is 38.1 Å². The van der Waals surface area contributed by atoms with Gasteiger partial charge in [-0.1, -0.05) is 18.0 Å². The molecule has 0 saturated heterocycles. The van der Waals surface area contributed by atoms with Crippen molar-refractivity contribution in [3.63, 3.8) is 0 Å². The molecule has 1 heterocycles. The quantitative estimate of drug-likeness (QED) is 0.775. The van der Waals surface area contributed by atoms with Gasteiger partial charge in [-0.15, -0.1) is 0 Å². The largest absolute Gasteiger partial charge is 0.491 e. The van der Waals surface area contributed by atoms with Gasteiger partial charge in [-0.25, -0.2) is 14.8 Å². The molecule has 2 bridgehead atoms. The average Bonchev–Trinajstić information content (AvgIpc) is 3.31. The van der Waals surface area contributed by atoms with Crippen molar-refractivity contribution >= 4 is 29.1 Å². The van der Waals surface area contributed by atoms with Crippen molar-refractivity contribution in [1.29, 1.82) is 5.26 Å². The highest BCUT2D eigenvalue weighted by Gasteiger charge is 2.39. The van der Waals surface area contributed by atoms with Crippen LogP contribution in [0, 0.1) is 29.1 Å². The molecule has 1 aromatic heterocycles. The third-order valence-corrected chi connectivity index (χ3v) is 5.77. The maximum absolute atomic E-state index is 12.3. The Kier molecular flexibility index (Phi) is 5.31. The summed E-state index contributed by atoms with van der Waals surface area (Å²) in [5, 5.41) is 14.6. The normalized spacial score (nSPS) is 22.5. The van der Waals surface area contributed by atoms with E-state index < -0.39 is 6.03 Å². The number of nitrogens with one attached hydrogen (secondary N) is 2. The smallest absolute Gasteiger partial charge is 0.325 e. The Balaban J connectivity index is 1.39. The van der Waals surface area contributed by atoms with Crippen LogP contribution < -0.4 is 15.4 Å². The first-order valence-corrected chi connectivity index (χ1v) is 9.71. The Morgan fingerprint density at radius 3 is 2.82 bits per heavy atom. The van der Waals surface area contributed by atoms with Gasteiger partial charge in [0.15, 0.2) is 11.5 Å². The first kappa shape index (κ1) is 18.5. The number of fused-ring (bicyclic) bond motifs is 2. The molecular formula is C20H20ClN5O2. The molecule has 1 aromatic carbocycles. The van der Waals surface area contributed by atoms with E-state index in [2.05, 4.69) is 20.6 Å². The predicted octanol–water partition coefficient (Wildman–Crippen LogP) is 4.46. The lowest BCUT2D eigenvalue weighted by Gasteiger charge is -2.22. The van der Waals surface area contributed by atoms with Gasteiger partial charge in [-0.05, 0) is 55.2 Å². The Morgan fingerprint density at radius 2 is 2.14 bits per heavy atom. The van der Waals surface area contributed by atoms with Crippen molar-refractivity contribution in [3.05, 3.63) is 41.3 Å². The highest BCUT2D eigenvalue weighted by molar-refractivity contribution is 6.31. The minimum Gasteiger partial charge on any atom is -0.491 e. The van der Waals surface area contributed by atoms with Crippen LogP contribution in [0.4, 0.5) is 16.3 Å². The molecule has 8 heteroatoms. The zero-order valence-electron chi connectivity index (χ0n) is 15.2. The van der Waals surface area contributed by atoms with Crippen LogP contribution in [0.25, 0.3) is 0 Å². The minimum atomic E-state index is -0.494. The molecule has 0 spiro atoms. The van der Waals surface area contributed by atoms with E-state index in [0.717, 1.165) is 11.8 Å². The third kappa shape index (κ3) is 4.18. The fourth-order valence-corrected chi connectivity index (χ4v) is 4.40. The summed E-state index contributed by atoms with van der Waals surface area (Å²) in [5.74, 6) is 3.05. The summed E-state index contributed by atoms with van der Waals surface area (Å²) in [4.78, 5) is 20.1. The van der Waals surface area contributed by atoms with E-state index in [9.17, 15) is 4.79 Å². The van der Waals surface area contributed by atoms with Crippen molar-refractivity contribution < 1.29 is 9.53 Å². The number of carbonyl (C=O) groups is 1. The number of halogens is 1. The lowest BCUT2D eigenvalue weighted by molar-refractivity contribution is 0.196. The maximum atomic E-state index is 12.3.